The maximum Gasteiger partial charge on any atom is 0.332 e. The standard InChI is InChI=1S/C20H30N4O3/c1-12(2)7-14-11-24-6-5-13-8-18(26-3)19(27-4)9-15(13)17(24)10-16(14)22-23-20(21)25/h8-9,12,14,17H,5-7,10-11H2,1-4H3,(H3,21,23,25)/t14-,17-/m0/s1. The van der Waals surface area contributed by atoms with Crippen molar-refractivity contribution in [2.45, 2.75) is 39.2 Å². The molecule has 0 radical (unpaired) electrons. The first kappa shape index (κ1) is 19.5. The molecule has 1 saturated heterocycles. The molecule has 1 aromatic rings. The second-order valence-electron chi connectivity index (χ2n) is 7.78. The molecule has 2 aliphatic heterocycles. The third-order valence-electron chi connectivity index (χ3n) is 5.51. The van der Waals surface area contributed by atoms with E-state index in [2.05, 4.69) is 41.4 Å². The van der Waals surface area contributed by atoms with Crippen molar-refractivity contribution in [2.75, 3.05) is 27.3 Å². The maximum atomic E-state index is 11.2. The molecule has 27 heavy (non-hydrogen) atoms. The molecule has 148 valence electrons. The van der Waals surface area contributed by atoms with E-state index in [4.69, 9.17) is 15.2 Å². The van der Waals surface area contributed by atoms with E-state index in [0.29, 0.717) is 11.8 Å². The van der Waals surface area contributed by atoms with Crippen LogP contribution in [0.1, 0.15) is 43.9 Å². The summed E-state index contributed by atoms with van der Waals surface area (Å²) >= 11 is 0. The number of nitrogens with one attached hydrogen (secondary N) is 1. The number of hydrogen-bond acceptors (Lipinski definition) is 5. The topological polar surface area (TPSA) is 89.2 Å². The molecule has 0 saturated carbocycles. The molecule has 0 aromatic heterocycles. The molecular weight excluding hydrogens is 344 g/mol. The Kier molecular flexibility index (Phi) is 5.89. The van der Waals surface area contributed by atoms with Crippen molar-refractivity contribution in [3.63, 3.8) is 0 Å². The van der Waals surface area contributed by atoms with Gasteiger partial charge in [0.25, 0.3) is 0 Å². The van der Waals surface area contributed by atoms with Gasteiger partial charge < -0.3 is 15.2 Å². The molecule has 1 aromatic carbocycles. The van der Waals surface area contributed by atoms with Gasteiger partial charge in [-0.2, -0.15) is 5.10 Å². The number of methoxy groups -OCH3 is 2. The van der Waals surface area contributed by atoms with E-state index >= 15 is 0 Å². The lowest BCUT2D eigenvalue weighted by Crippen LogP contribution is -2.47. The number of urea groups is 1. The van der Waals surface area contributed by atoms with Gasteiger partial charge in [-0.25, -0.2) is 10.2 Å². The normalized spacial score (nSPS) is 23.7. The van der Waals surface area contributed by atoms with E-state index in [1.54, 1.807) is 14.2 Å². The SMILES string of the molecule is COc1cc2c(cc1OC)[C@@H]1CC(=NNC(N)=O)[C@@H](CC(C)C)CN1CC2. The van der Waals surface area contributed by atoms with E-state index in [1.165, 1.54) is 11.1 Å². The summed E-state index contributed by atoms with van der Waals surface area (Å²) in [5.74, 6) is 2.40. The lowest BCUT2D eigenvalue weighted by molar-refractivity contribution is 0.147. The number of hydrazone groups is 1. The van der Waals surface area contributed by atoms with Crippen LogP contribution in [0.2, 0.25) is 0 Å². The van der Waals surface area contributed by atoms with Gasteiger partial charge in [0.05, 0.1) is 14.2 Å². The van der Waals surface area contributed by atoms with E-state index in [1.807, 2.05) is 0 Å². The van der Waals surface area contributed by atoms with Gasteiger partial charge in [0.2, 0.25) is 0 Å². The summed E-state index contributed by atoms with van der Waals surface area (Å²) < 4.78 is 11.0. The first-order valence-electron chi connectivity index (χ1n) is 9.53. The zero-order chi connectivity index (χ0) is 19.6. The average Bonchev–Trinajstić information content (AvgIpc) is 2.64. The van der Waals surface area contributed by atoms with Crippen LogP contribution >= 0.6 is 0 Å². The molecule has 7 nitrogen and oxygen atoms in total. The minimum Gasteiger partial charge on any atom is -0.493 e. The maximum absolute atomic E-state index is 11.2. The zero-order valence-electron chi connectivity index (χ0n) is 16.6. The van der Waals surface area contributed by atoms with Crippen molar-refractivity contribution < 1.29 is 14.3 Å². The fourth-order valence-electron chi connectivity index (χ4n) is 4.33. The summed E-state index contributed by atoms with van der Waals surface area (Å²) in [5, 5.41) is 4.37. The number of nitrogens with two attached hydrogens (primary N) is 1. The highest BCUT2D eigenvalue weighted by Gasteiger charge is 2.37. The van der Waals surface area contributed by atoms with Gasteiger partial charge in [-0.1, -0.05) is 13.8 Å². The second kappa shape index (κ2) is 8.17. The summed E-state index contributed by atoms with van der Waals surface area (Å²) in [6.45, 7) is 6.38. The quantitative estimate of drug-likeness (QED) is 0.776. The number of hydrogen-bond donors (Lipinski definition) is 2. The third-order valence-corrected chi connectivity index (χ3v) is 5.51. The van der Waals surface area contributed by atoms with Crippen molar-refractivity contribution in [2.24, 2.45) is 22.7 Å². The van der Waals surface area contributed by atoms with E-state index in [0.717, 1.165) is 49.6 Å². The van der Waals surface area contributed by atoms with E-state index in [-0.39, 0.29) is 6.04 Å². The number of benzene rings is 1. The van der Waals surface area contributed by atoms with Crippen LogP contribution in [-0.2, 0) is 6.42 Å². The second-order valence-corrected chi connectivity index (χ2v) is 7.78. The Morgan fingerprint density at radius 1 is 1.33 bits per heavy atom. The summed E-state index contributed by atoms with van der Waals surface area (Å²) in [6.07, 6.45) is 2.81. The number of amides is 2. The van der Waals surface area contributed by atoms with E-state index in [9.17, 15) is 4.79 Å². The number of nitrogens with zero attached hydrogens (tertiary/aromatic N) is 2. The third kappa shape index (κ3) is 4.18. The van der Waals surface area contributed by atoms with Gasteiger partial charge in [0.1, 0.15) is 0 Å². The molecule has 0 unspecified atom stereocenters. The van der Waals surface area contributed by atoms with Crippen molar-refractivity contribution in [3.05, 3.63) is 23.3 Å². The minimum atomic E-state index is -0.622. The van der Waals surface area contributed by atoms with E-state index < -0.39 is 6.03 Å². The molecule has 2 aliphatic rings. The monoisotopic (exact) mass is 374 g/mol. The molecule has 0 spiro atoms. The number of fused-ring (bicyclic) bond motifs is 3. The Morgan fingerprint density at radius 2 is 2.04 bits per heavy atom. The van der Waals surface area contributed by atoms with Crippen LogP contribution in [0, 0.1) is 11.8 Å². The summed E-state index contributed by atoms with van der Waals surface area (Å²) in [5.41, 5.74) is 11.2. The fraction of sp³-hybridized carbons (Fsp3) is 0.600. The van der Waals surface area contributed by atoms with Gasteiger partial charge in [0.15, 0.2) is 11.5 Å². The van der Waals surface area contributed by atoms with Crippen LogP contribution in [0.3, 0.4) is 0 Å². The molecule has 2 heterocycles. The van der Waals surface area contributed by atoms with Crippen LogP contribution in [0.25, 0.3) is 0 Å². The number of carbonyl (C=O) groups is 1. The summed E-state index contributed by atoms with van der Waals surface area (Å²) in [4.78, 5) is 13.7. The Bertz CT molecular complexity index is 732. The number of rotatable bonds is 5. The summed E-state index contributed by atoms with van der Waals surface area (Å²) in [6, 6.07) is 3.78. The van der Waals surface area contributed by atoms with Gasteiger partial charge >= 0.3 is 6.03 Å². The molecule has 7 heteroatoms. The summed E-state index contributed by atoms with van der Waals surface area (Å²) in [7, 11) is 3.32. The molecule has 3 rings (SSSR count). The fourth-order valence-corrected chi connectivity index (χ4v) is 4.33. The molecule has 2 atom stereocenters. The molecule has 3 N–H and O–H groups in total. The predicted octanol–water partition coefficient (Wildman–Crippen LogP) is 2.69. The molecule has 1 fully saturated rings. The molecule has 0 bridgehead atoms. The number of piperidine rings is 1. The first-order chi connectivity index (χ1) is 12.9. The highest BCUT2D eigenvalue weighted by Crippen LogP contribution is 2.42. The lowest BCUT2D eigenvalue weighted by atomic mass is 9.79. The molecule has 2 amide bonds. The molecule has 0 aliphatic carbocycles. The predicted molar refractivity (Wildman–Crippen MR) is 105 cm³/mol. The van der Waals surface area contributed by atoms with Gasteiger partial charge in [-0.05, 0) is 42.0 Å². The minimum absolute atomic E-state index is 0.227. The largest absolute Gasteiger partial charge is 0.493 e. The highest BCUT2D eigenvalue weighted by atomic mass is 16.5. The smallest absolute Gasteiger partial charge is 0.332 e. The van der Waals surface area contributed by atoms with Crippen molar-refractivity contribution in [1.29, 1.82) is 0 Å². The zero-order valence-corrected chi connectivity index (χ0v) is 16.6. The van der Waals surface area contributed by atoms with Crippen LogP contribution in [0.15, 0.2) is 17.2 Å². The first-order valence-corrected chi connectivity index (χ1v) is 9.53. The van der Waals surface area contributed by atoms with Crippen LogP contribution in [-0.4, -0.2) is 44.0 Å². The van der Waals surface area contributed by atoms with Crippen LogP contribution in [0.5, 0.6) is 11.5 Å². The van der Waals surface area contributed by atoms with Crippen molar-refractivity contribution in [3.8, 4) is 11.5 Å². The Balaban J connectivity index is 1.93. The lowest BCUT2D eigenvalue weighted by Gasteiger charge is -2.44. The number of carbonyl (C=O) groups excluding carboxylic acids is 1. The van der Waals surface area contributed by atoms with Crippen molar-refractivity contribution in [1.82, 2.24) is 10.3 Å². The average molecular weight is 374 g/mol. The Morgan fingerprint density at radius 3 is 2.67 bits per heavy atom. The van der Waals surface area contributed by atoms with Gasteiger partial charge in [0, 0.05) is 37.2 Å². The molecular formula is C20H30N4O3. The highest BCUT2D eigenvalue weighted by molar-refractivity contribution is 5.89. The van der Waals surface area contributed by atoms with Gasteiger partial charge in [-0.3, -0.25) is 4.90 Å². The van der Waals surface area contributed by atoms with Crippen molar-refractivity contribution >= 4 is 11.7 Å². The Hall–Kier alpha value is -2.28. The Labute approximate surface area is 160 Å². The van der Waals surface area contributed by atoms with Crippen LogP contribution < -0.4 is 20.6 Å². The van der Waals surface area contributed by atoms with Gasteiger partial charge in [-0.15, -0.1) is 0 Å². The van der Waals surface area contributed by atoms with Crippen LogP contribution in [0.4, 0.5) is 4.79 Å². The number of ether oxygens (including phenoxy) is 2. The number of primary amides is 1.